The van der Waals surface area contributed by atoms with E-state index in [9.17, 15) is 4.79 Å². The minimum Gasteiger partial charge on any atom is -0.375 e. The number of aromatic nitrogens is 1. The molecule has 1 aliphatic rings. The van der Waals surface area contributed by atoms with E-state index in [1.165, 1.54) is 22.5 Å². The van der Waals surface area contributed by atoms with Crippen LogP contribution >= 0.6 is 11.3 Å². The summed E-state index contributed by atoms with van der Waals surface area (Å²) in [6.07, 6.45) is 0. The molecule has 0 saturated carbocycles. The summed E-state index contributed by atoms with van der Waals surface area (Å²) in [6, 6.07) is 8.49. The molecule has 0 radical (unpaired) electrons. The average Bonchev–Trinajstić information content (AvgIpc) is 2.82. The number of nitrogens with one attached hydrogen (secondary N) is 2. The molecule has 5 heteroatoms. The van der Waals surface area contributed by atoms with Gasteiger partial charge in [0.15, 0.2) is 0 Å². The Morgan fingerprint density at radius 1 is 1.44 bits per heavy atom. The highest BCUT2D eigenvalue weighted by Gasteiger charge is 2.19. The predicted octanol–water partition coefficient (Wildman–Crippen LogP) is 1.80. The summed E-state index contributed by atoms with van der Waals surface area (Å²) in [5, 5.41) is 5.27. The largest absolute Gasteiger partial charge is 0.375 e. The SMILES string of the molecule is O=c1[nH]c(CNC2COCc3ccccc32)cs1. The van der Waals surface area contributed by atoms with Crippen LogP contribution < -0.4 is 10.2 Å². The van der Waals surface area contributed by atoms with Gasteiger partial charge in [-0.25, -0.2) is 0 Å². The maximum atomic E-state index is 11.1. The topological polar surface area (TPSA) is 54.1 Å². The molecule has 1 aliphatic heterocycles. The molecule has 2 N–H and O–H groups in total. The van der Waals surface area contributed by atoms with Crippen LogP contribution in [0.25, 0.3) is 0 Å². The number of hydrogen-bond donors (Lipinski definition) is 2. The second-order valence-electron chi connectivity index (χ2n) is 4.32. The molecule has 1 aromatic heterocycles. The molecule has 0 fully saturated rings. The van der Waals surface area contributed by atoms with Gasteiger partial charge in [0.05, 0.1) is 19.3 Å². The third-order valence-electron chi connectivity index (χ3n) is 3.08. The van der Waals surface area contributed by atoms with Gasteiger partial charge in [-0.2, -0.15) is 0 Å². The first-order chi connectivity index (χ1) is 8.83. The van der Waals surface area contributed by atoms with Crippen molar-refractivity contribution in [1.82, 2.24) is 10.3 Å². The quantitative estimate of drug-likeness (QED) is 0.887. The molecule has 0 amide bonds. The fourth-order valence-electron chi connectivity index (χ4n) is 2.18. The van der Waals surface area contributed by atoms with Gasteiger partial charge >= 0.3 is 4.87 Å². The lowest BCUT2D eigenvalue weighted by Crippen LogP contribution is -2.29. The van der Waals surface area contributed by atoms with Gasteiger partial charge in [0.2, 0.25) is 0 Å². The minimum absolute atomic E-state index is 0.00732. The summed E-state index contributed by atoms with van der Waals surface area (Å²) < 4.78 is 5.57. The third kappa shape index (κ3) is 2.38. The number of thiazole rings is 1. The molecule has 4 nitrogen and oxygen atoms in total. The van der Waals surface area contributed by atoms with Crippen LogP contribution in [0.5, 0.6) is 0 Å². The molecule has 0 aliphatic carbocycles. The fourth-order valence-corrected chi connectivity index (χ4v) is 2.77. The van der Waals surface area contributed by atoms with Crippen molar-refractivity contribution in [2.75, 3.05) is 6.61 Å². The van der Waals surface area contributed by atoms with Crippen molar-refractivity contribution >= 4 is 11.3 Å². The average molecular weight is 262 g/mol. The lowest BCUT2D eigenvalue weighted by Gasteiger charge is -2.26. The lowest BCUT2D eigenvalue weighted by molar-refractivity contribution is 0.0816. The van der Waals surface area contributed by atoms with Crippen LogP contribution in [-0.2, 0) is 17.9 Å². The Balaban J connectivity index is 1.72. The highest BCUT2D eigenvalue weighted by Crippen LogP contribution is 2.24. The van der Waals surface area contributed by atoms with E-state index >= 15 is 0 Å². The predicted molar refractivity (Wildman–Crippen MR) is 70.6 cm³/mol. The molecule has 2 aromatic rings. The van der Waals surface area contributed by atoms with Gasteiger partial charge in [0.25, 0.3) is 0 Å². The molecular weight excluding hydrogens is 248 g/mol. The number of hydrogen-bond acceptors (Lipinski definition) is 4. The monoisotopic (exact) mass is 262 g/mol. The molecule has 1 unspecified atom stereocenters. The fraction of sp³-hybridized carbons (Fsp3) is 0.308. The van der Waals surface area contributed by atoms with Crippen molar-refractivity contribution in [1.29, 1.82) is 0 Å². The summed E-state index contributed by atoms with van der Waals surface area (Å²) in [5.41, 5.74) is 3.45. The van der Waals surface area contributed by atoms with E-state index < -0.39 is 0 Å². The molecule has 18 heavy (non-hydrogen) atoms. The third-order valence-corrected chi connectivity index (χ3v) is 3.80. The Morgan fingerprint density at radius 2 is 2.33 bits per heavy atom. The normalized spacial score (nSPS) is 18.6. The zero-order valence-corrected chi connectivity index (χ0v) is 10.6. The van der Waals surface area contributed by atoms with Crippen molar-refractivity contribution in [3.05, 3.63) is 56.1 Å². The Bertz CT molecular complexity index is 590. The summed E-state index contributed by atoms with van der Waals surface area (Å²) in [7, 11) is 0. The number of rotatable bonds is 3. The summed E-state index contributed by atoms with van der Waals surface area (Å²) in [4.78, 5) is 13.8. The van der Waals surface area contributed by atoms with E-state index in [1.807, 2.05) is 17.5 Å². The first-order valence-electron chi connectivity index (χ1n) is 5.88. The van der Waals surface area contributed by atoms with Crippen molar-refractivity contribution in [3.8, 4) is 0 Å². The maximum absolute atomic E-state index is 11.1. The Kier molecular flexibility index (Phi) is 3.27. The Hall–Kier alpha value is -1.43. The number of benzene rings is 1. The maximum Gasteiger partial charge on any atom is 0.304 e. The van der Waals surface area contributed by atoms with E-state index in [0.29, 0.717) is 19.8 Å². The first kappa shape index (κ1) is 11.6. The van der Waals surface area contributed by atoms with Crippen LogP contribution in [0.4, 0.5) is 0 Å². The van der Waals surface area contributed by atoms with Gasteiger partial charge in [-0.3, -0.25) is 4.79 Å². The Morgan fingerprint density at radius 3 is 3.17 bits per heavy atom. The summed E-state index contributed by atoms with van der Waals surface area (Å²) in [5.74, 6) is 0. The van der Waals surface area contributed by atoms with E-state index in [-0.39, 0.29) is 10.9 Å². The molecule has 1 aromatic carbocycles. The second-order valence-corrected chi connectivity index (χ2v) is 5.16. The van der Waals surface area contributed by atoms with Gasteiger partial charge in [0, 0.05) is 17.6 Å². The number of fused-ring (bicyclic) bond motifs is 1. The van der Waals surface area contributed by atoms with Crippen molar-refractivity contribution in [2.45, 2.75) is 19.2 Å². The van der Waals surface area contributed by atoms with Crippen LogP contribution in [0.2, 0.25) is 0 Å². The van der Waals surface area contributed by atoms with E-state index in [0.717, 1.165) is 5.69 Å². The highest BCUT2D eigenvalue weighted by atomic mass is 32.1. The standard InChI is InChI=1S/C13H14N2O2S/c16-13-15-10(8-18-13)5-14-12-7-17-6-9-3-1-2-4-11(9)12/h1-4,8,12,14H,5-7H2,(H,15,16). The number of H-pyrrole nitrogens is 1. The summed E-state index contributed by atoms with van der Waals surface area (Å²) >= 11 is 1.19. The van der Waals surface area contributed by atoms with Crippen LogP contribution in [0, 0.1) is 0 Å². The molecule has 0 spiro atoms. The zero-order valence-electron chi connectivity index (χ0n) is 9.81. The molecule has 3 rings (SSSR count). The van der Waals surface area contributed by atoms with Crippen LogP contribution in [0.3, 0.4) is 0 Å². The first-order valence-corrected chi connectivity index (χ1v) is 6.76. The molecule has 1 atom stereocenters. The van der Waals surface area contributed by atoms with Crippen molar-refractivity contribution in [2.24, 2.45) is 0 Å². The molecule has 2 heterocycles. The van der Waals surface area contributed by atoms with Crippen molar-refractivity contribution in [3.63, 3.8) is 0 Å². The van der Waals surface area contributed by atoms with Gasteiger partial charge in [-0.15, -0.1) is 0 Å². The second kappa shape index (κ2) is 5.06. The molecule has 0 saturated heterocycles. The van der Waals surface area contributed by atoms with Gasteiger partial charge < -0.3 is 15.0 Å². The highest BCUT2D eigenvalue weighted by molar-refractivity contribution is 7.07. The number of aromatic amines is 1. The zero-order chi connectivity index (χ0) is 12.4. The Labute approximate surface area is 109 Å². The van der Waals surface area contributed by atoms with E-state index in [4.69, 9.17) is 4.74 Å². The van der Waals surface area contributed by atoms with Crippen LogP contribution in [0.15, 0.2) is 34.4 Å². The molecule has 0 bridgehead atoms. The minimum atomic E-state index is -0.00732. The van der Waals surface area contributed by atoms with Crippen LogP contribution in [0.1, 0.15) is 22.9 Å². The van der Waals surface area contributed by atoms with Crippen molar-refractivity contribution < 1.29 is 4.74 Å². The van der Waals surface area contributed by atoms with Crippen LogP contribution in [-0.4, -0.2) is 11.6 Å². The van der Waals surface area contributed by atoms with Gasteiger partial charge in [-0.1, -0.05) is 35.6 Å². The molecular formula is C13H14N2O2S. The van der Waals surface area contributed by atoms with E-state index in [2.05, 4.69) is 22.4 Å². The summed E-state index contributed by atoms with van der Waals surface area (Å²) in [6.45, 7) is 2.01. The van der Waals surface area contributed by atoms with E-state index in [1.54, 1.807) is 0 Å². The van der Waals surface area contributed by atoms with Gasteiger partial charge in [0.1, 0.15) is 0 Å². The lowest BCUT2D eigenvalue weighted by atomic mass is 9.99. The molecule has 94 valence electrons. The van der Waals surface area contributed by atoms with Gasteiger partial charge in [-0.05, 0) is 11.1 Å². The number of ether oxygens (including phenoxy) is 1. The smallest absolute Gasteiger partial charge is 0.304 e.